The van der Waals surface area contributed by atoms with Crippen LogP contribution in [-0.2, 0) is 0 Å². The Balaban J connectivity index is 1.62. The summed E-state index contributed by atoms with van der Waals surface area (Å²) in [5, 5.41) is 7.99. The molecule has 0 amide bonds. The number of methoxy groups -OCH3 is 3. The van der Waals surface area contributed by atoms with Gasteiger partial charge in [-0.1, -0.05) is 19.3 Å². The lowest BCUT2D eigenvalue weighted by molar-refractivity contribution is 0.0729. The Kier molecular flexibility index (Phi) is 8.88. The lowest BCUT2D eigenvalue weighted by Gasteiger charge is -2.23. The molecular weight excluding hydrogens is 442 g/mol. The van der Waals surface area contributed by atoms with Gasteiger partial charge in [-0.15, -0.1) is 0 Å². The van der Waals surface area contributed by atoms with Crippen LogP contribution in [0.3, 0.4) is 0 Å². The SMILES string of the molecule is COc1cc(OC)cc(C(=O)Oc2ccc(C=NNC(=S)NC3CCCCC3)cc2OC)c1. The van der Waals surface area contributed by atoms with Crippen LogP contribution in [-0.4, -0.2) is 44.7 Å². The second-order valence-corrected chi connectivity index (χ2v) is 7.99. The van der Waals surface area contributed by atoms with Crippen molar-refractivity contribution in [2.45, 2.75) is 38.1 Å². The lowest BCUT2D eigenvalue weighted by Crippen LogP contribution is -2.40. The Morgan fingerprint density at radius 1 is 0.970 bits per heavy atom. The van der Waals surface area contributed by atoms with E-state index in [2.05, 4.69) is 15.8 Å². The Labute approximate surface area is 199 Å². The molecule has 1 fully saturated rings. The average Bonchev–Trinajstić information content (AvgIpc) is 2.84. The van der Waals surface area contributed by atoms with Gasteiger partial charge in [0.25, 0.3) is 0 Å². The predicted octanol–water partition coefficient (Wildman–Crippen LogP) is 4.06. The molecule has 0 radical (unpaired) electrons. The van der Waals surface area contributed by atoms with Crippen LogP contribution in [0.5, 0.6) is 23.0 Å². The van der Waals surface area contributed by atoms with Crippen LogP contribution >= 0.6 is 12.2 Å². The smallest absolute Gasteiger partial charge is 0.343 e. The number of hydrazone groups is 1. The zero-order chi connectivity index (χ0) is 23.6. The number of nitrogens with zero attached hydrogens (tertiary/aromatic N) is 1. The molecule has 8 nitrogen and oxygen atoms in total. The molecule has 0 heterocycles. The van der Waals surface area contributed by atoms with Crippen molar-refractivity contribution >= 4 is 29.5 Å². The molecular formula is C24H29N3O5S. The minimum absolute atomic E-state index is 0.281. The maximum atomic E-state index is 12.7. The van der Waals surface area contributed by atoms with E-state index in [1.807, 2.05) is 0 Å². The van der Waals surface area contributed by atoms with Crippen molar-refractivity contribution < 1.29 is 23.7 Å². The summed E-state index contributed by atoms with van der Waals surface area (Å²) in [6.45, 7) is 0. The largest absolute Gasteiger partial charge is 0.497 e. The summed E-state index contributed by atoms with van der Waals surface area (Å²) in [6, 6.07) is 10.4. The highest BCUT2D eigenvalue weighted by Crippen LogP contribution is 2.30. The summed E-state index contributed by atoms with van der Waals surface area (Å²) in [5.74, 6) is 1.09. The van der Waals surface area contributed by atoms with E-state index in [-0.39, 0.29) is 5.75 Å². The Hall–Kier alpha value is -3.33. The Bertz CT molecular complexity index is 983. The molecule has 0 bridgehead atoms. The first-order valence-corrected chi connectivity index (χ1v) is 11.2. The Morgan fingerprint density at radius 2 is 1.67 bits per heavy atom. The molecule has 0 saturated heterocycles. The summed E-state index contributed by atoms with van der Waals surface area (Å²) in [5.41, 5.74) is 3.89. The van der Waals surface area contributed by atoms with Gasteiger partial charge in [-0.3, -0.25) is 5.43 Å². The fourth-order valence-electron chi connectivity index (χ4n) is 3.56. The number of ether oxygens (including phenoxy) is 4. The molecule has 0 aromatic heterocycles. The van der Waals surface area contributed by atoms with Crippen LogP contribution in [0.15, 0.2) is 41.5 Å². The minimum Gasteiger partial charge on any atom is -0.497 e. The summed E-state index contributed by atoms with van der Waals surface area (Å²) in [7, 11) is 4.53. The topological polar surface area (TPSA) is 90.4 Å². The predicted molar refractivity (Wildman–Crippen MR) is 131 cm³/mol. The van der Waals surface area contributed by atoms with Crippen molar-refractivity contribution in [1.29, 1.82) is 0 Å². The third kappa shape index (κ3) is 7.08. The first-order chi connectivity index (χ1) is 16.0. The van der Waals surface area contributed by atoms with Crippen molar-refractivity contribution in [3.05, 3.63) is 47.5 Å². The monoisotopic (exact) mass is 471 g/mol. The van der Waals surface area contributed by atoms with Gasteiger partial charge in [0, 0.05) is 12.1 Å². The molecule has 3 rings (SSSR count). The van der Waals surface area contributed by atoms with Crippen LogP contribution in [0, 0.1) is 0 Å². The number of carbonyl (C=O) groups excluding carboxylic acids is 1. The van der Waals surface area contributed by atoms with Gasteiger partial charge in [-0.25, -0.2) is 4.79 Å². The number of rotatable bonds is 8. The van der Waals surface area contributed by atoms with Crippen molar-refractivity contribution in [3.63, 3.8) is 0 Å². The van der Waals surface area contributed by atoms with E-state index in [1.165, 1.54) is 40.6 Å². The standard InChI is InChI=1S/C24H29N3O5S/c1-29-19-12-17(13-20(14-19)30-2)23(28)32-21-10-9-16(11-22(21)31-3)15-25-27-24(33)26-18-7-5-4-6-8-18/h9-15,18H,4-8H2,1-3H3,(H2,26,27,33). The number of benzene rings is 2. The van der Waals surface area contributed by atoms with E-state index in [0.29, 0.717) is 34.0 Å². The molecule has 0 unspecified atom stereocenters. The molecule has 33 heavy (non-hydrogen) atoms. The fourth-order valence-corrected chi connectivity index (χ4v) is 3.78. The molecule has 1 saturated carbocycles. The average molecular weight is 472 g/mol. The van der Waals surface area contributed by atoms with Gasteiger partial charge in [-0.05, 0) is 61.0 Å². The normalized spacial score (nSPS) is 13.9. The van der Waals surface area contributed by atoms with Crippen LogP contribution in [0.4, 0.5) is 0 Å². The maximum absolute atomic E-state index is 12.7. The molecule has 2 aromatic rings. The minimum atomic E-state index is -0.562. The molecule has 0 spiro atoms. The second kappa shape index (κ2) is 12.1. The number of carbonyl (C=O) groups is 1. The van der Waals surface area contributed by atoms with E-state index in [0.717, 1.165) is 18.4 Å². The zero-order valence-electron chi connectivity index (χ0n) is 19.1. The van der Waals surface area contributed by atoms with Gasteiger partial charge in [0.05, 0.1) is 33.1 Å². The first-order valence-electron chi connectivity index (χ1n) is 10.7. The first kappa shape index (κ1) is 24.3. The number of nitrogens with one attached hydrogen (secondary N) is 2. The molecule has 1 aliphatic rings. The van der Waals surface area contributed by atoms with E-state index in [9.17, 15) is 4.79 Å². The van der Waals surface area contributed by atoms with E-state index >= 15 is 0 Å². The van der Waals surface area contributed by atoms with Crippen molar-refractivity contribution in [1.82, 2.24) is 10.7 Å². The van der Waals surface area contributed by atoms with E-state index < -0.39 is 5.97 Å². The molecule has 176 valence electrons. The summed E-state index contributed by atoms with van der Waals surface area (Å²) in [6.07, 6.45) is 7.63. The van der Waals surface area contributed by atoms with Gasteiger partial charge in [0.15, 0.2) is 16.6 Å². The molecule has 1 aliphatic carbocycles. The summed E-state index contributed by atoms with van der Waals surface area (Å²) >= 11 is 5.31. The van der Waals surface area contributed by atoms with E-state index in [4.69, 9.17) is 31.2 Å². The van der Waals surface area contributed by atoms with Crippen molar-refractivity contribution in [2.24, 2.45) is 5.10 Å². The summed E-state index contributed by atoms with van der Waals surface area (Å²) < 4.78 is 21.3. The fraction of sp³-hybridized carbons (Fsp3) is 0.375. The van der Waals surface area contributed by atoms with Crippen molar-refractivity contribution in [2.75, 3.05) is 21.3 Å². The van der Waals surface area contributed by atoms with Gasteiger partial charge in [0.1, 0.15) is 11.5 Å². The lowest BCUT2D eigenvalue weighted by atomic mass is 9.96. The molecule has 2 N–H and O–H groups in total. The van der Waals surface area contributed by atoms with E-state index in [1.54, 1.807) is 42.6 Å². The highest BCUT2D eigenvalue weighted by atomic mass is 32.1. The molecule has 9 heteroatoms. The maximum Gasteiger partial charge on any atom is 0.343 e. The second-order valence-electron chi connectivity index (χ2n) is 7.58. The van der Waals surface area contributed by atoms with Gasteiger partial charge in [0.2, 0.25) is 0 Å². The van der Waals surface area contributed by atoms with Crippen LogP contribution in [0.1, 0.15) is 48.0 Å². The number of hydrogen-bond acceptors (Lipinski definition) is 7. The molecule has 0 atom stereocenters. The highest BCUT2D eigenvalue weighted by molar-refractivity contribution is 7.80. The zero-order valence-corrected chi connectivity index (χ0v) is 19.9. The highest BCUT2D eigenvalue weighted by Gasteiger charge is 2.16. The third-order valence-electron chi connectivity index (χ3n) is 5.30. The van der Waals surface area contributed by atoms with Crippen LogP contribution in [0.2, 0.25) is 0 Å². The van der Waals surface area contributed by atoms with Crippen molar-refractivity contribution in [3.8, 4) is 23.0 Å². The van der Waals surface area contributed by atoms with Gasteiger partial charge < -0.3 is 24.3 Å². The number of esters is 1. The molecule has 2 aromatic carbocycles. The van der Waals surface area contributed by atoms with Crippen LogP contribution in [0.25, 0.3) is 0 Å². The van der Waals surface area contributed by atoms with Crippen LogP contribution < -0.4 is 29.7 Å². The number of hydrogen-bond donors (Lipinski definition) is 2. The van der Waals surface area contributed by atoms with Gasteiger partial charge in [-0.2, -0.15) is 5.10 Å². The Morgan fingerprint density at radius 3 is 2.30 bits per heavy atom. The summed E-state index contributed by atoms with van der Waals surface area (Å²) in [4.78, 5) is 12.7. The quantitative estimate of drug-likeness (QED) is 0.196. The van der Waals surface area contributed by atoms with Gasteiger partial charge >= 0.3 is 5.97 Å². The molecule has 0 aliphatic heterocycles. The number of thiocarbonyl (C=S) groups is 1. The third-order valence-corrected chi connectivity index (χ3v) is 5.51.